The fraction of sp³-hybridized carbons (Fsp3) is 0.448. The zero-order valence-corrected chi connectivity index (χ0v) is 23.1. The van der Waals surface area contributed by atoms with Crippen LogP contribution in [0, 0.1) is 6.92 Å². The first-order valence-corrected chi connectivity index (χ1v) is 13.1. The summed E-state index contributed by atoms with van der Waals surface area (Å²) in [4.78, 5) is 46.4. The Morgan fingerprint density at radius 2 is 1.82 bits per heavy atom. The number of likely N-dealkylation sites (tertiary alicyclic amines) is 1. The second-order valence-electron chi connectivity index (χ2n) is 10.9. The smallest absolute Gasteiger partial charge is 0.408 e. The normalized spacial score (nSPS) is 14.3. The van der Waals surface area contributed by atoms with Crippen LogP contribution in [0.2, 0.25) is 0 Å². The van der Waals surface area contributed by atoms with Crippen molar-refractivity contribution in [1.82, 2.24) is 14.8 Å². The predicted octanol–water partition coefficient (Wildman–Crippen LogP) is 4.43. The lowest BCUT2D eigenvalue weighted by Gasteiger charge is -2.33. The van der Waals surface area contributed by atoms with Gasteiger partial charge in [0.05, 0.1) is 24.6 Å². The molecular formula is C29H36N4O6. The van der Waals surface area contributed by atoms with Crippen LogP contribution in [0.15, 0.2) is 45.6 Å². The van der Waals surface area contributed by atoms with Gasteiger partial charge in [0.2, 0.25) is 5.91 Å². The molecule has 2 heterocycles. The van der Waals surface area contributed by atoms with Crippen molar-refractivity contribution in [2.24, 2.45) is 0 Å². The number of fused-ring (bicyclic) bond motifs is 1. The molecule has 3 aromatic rings. The summed E-state index contributed by atoms with van der Waals surface area (Å²) >= 11 is 0. The number of carboxylic acid groups (broad SMARTS) is 1. The molecule has 39 heavy (non-hydrogen) atoms. The van der Waals surface area contributed by atoms with E-state index in [1.807, 2.05) is 29.2 Å². The van der Waals surface area contributed by atoms with Gasteiger partial charge in [0, 0.05) is 25.0 Å². The highest BCUT2D eigenvalue weighted by atomic mass is 16.5. The third-order valence-corrected chi connectivity index (χ3v) is 7.06. The highest BCUT2D eigenvalue weighted by Crippen LogP contribution is 2.25. The number of nitrogens with one attached hydrogen (secondary N) is 1. The van der Waals surface area contributed by atoms with Crippen LogP contribution in [0.1, 0.15) is 50.3 Å². The number of methoxy groups -OCH3 is 1. The minimum Gasteiger partial charge on any atom is -0.497 e. The Balaban J connectivity index is 1.73. The summed E-state index contributed by atoms with van der Waals surface area (Å²) in [5, 5.41) is 13.2. The van der Waals surface area contributed by atoms with E-state index in [-0.39, 0.29) is 23.9 Å². The first kappa shape index (κ1) is 27.9. The van der Waals surface area contributed by atoms with Crippen molar-refractivity contribution in [2.75, 3.05) is 25.5 Å². The zero-order chi connectivity index (χ0) is 28.3. The van der Waals surface area contributed by atoms with Crippen molar-refractivity contribution in [1.29, 1.82) is 0 Å². The summed E-state index contributed by atoms with van der Waals surface area (Å²) in [6.07, 6.45) is 1.16. The Labute approximate surface area is 227 Å². The minimum absolute atomic E-state index is 0.0352. The van der Waals surface area contributed by atoms with Crippen LogP contribution in [-0.4, -0.2) is 63.7 Å². The summed E-state index contributed by atoms with van der Waals surface area (Å²) in [5.74, 6) is 0.618. The highest BCUT2D eigenvalue weighted by molar-refractivity contribution is 5.87. The van der Waals surface area contributed by atoms with E-state index in [1.165, 1.54) is 4.90 Å². The van der Waals surface area contributed by atoms with Crippen LogP contribution in [0.25, 0.3) is 10.9 Å². The lowest BCUT2D eigenvalue weighted by molar-refractivity contribution is -0.131. The monoisotopic (exact) mass is 536 g/mol. The van der Waals surface area contributed by atoms with Gasteiger partial charge in [-0.2, -0.15) is 4.98 Å². The molecule has 1 saturated heterocycles. The third kappa shape index (κ3) is 6.32. The second-order valence-corrected chi connectivity index (χ2v) is 10.9. The lowest BCUT2D eigenvalue weighted by atomic mass is 10.0. The molecule has 0 spiro atoms. The van der Waals surface area contributed by atoms with E-state index in [0.29, 0.717) is 41.9 Å². The average molecular weight is 537 g/mol. The molecule has 1 aromatic heterocycles. The lowest BCUT2D eigenvalue weighted by Crippen LogP contribution is -2.44. The quantitative estimate of drug-likeness (QED) is 0.433. The molecule has 0 bridgehead atoms. The van der Waals surface area contributed by atoms with Crippen LogP contribution in [0.5, 0.6) is 5.75 Å². The highest BCUT2D eigenvalue weighted by Gasteiger charge is 2.30. The number of aryl methyl sites for hydroxylation is 1. The fourth-order valence-electron chi connectivity index (χ4n) is 4.84. The maximum Gasteiger partial charge on any atom is 0.408 e. The zero-order valence-electron chi connectivity index (χ0n) is 23.1. The minimum atomic E-state index is -1.08. The van der Waals surface area contributed by atoms with Gasteiger partial charge in [-0.05, 0) is 69.4 Å². The van der Waals surface area contributed by atoms with Crippen LogP contribution in [0.4, 0.5) is 10.8 Å². The van der Waals surface area contributed by atoms with Crippen molar-refractivity contribution in [3.63, 3.8) is 0 Å². The molecule has 10 nitrogen and oxygen atoms in total. The van der Waals surface area contributed by atoms with Gasteiger partial charge < -0.3 is 24.5 Å². The number of anilines is 1. The van der Waals surface area contributed by atoms with Gasteiger partial charge in [-0.15, -0.1) is 0 Å². The van der Waals surface area contributed by atoms with Gasteiger partial charge in [-0.1, -0.05) is 24.3 Å². The molecule has 0 aliphatic carbocycles. The van der Waals surface area contributed by atoms with Crippen molar-refractivity contribution in [3.05, 3.63) is 63.5 Å². The Bertz CT molecular complexity index is 1400. The van der Waals surface area contributed by atoms with Gasteiger partial charge in [0.15, 0.2) is 0 Å². The maximum absolute atomic E-state index is 13.5. The molecule has 2 N–H and O–H groups in total. The Morgan fingerprint density at radius 3 is 2.41 bits per heavy atom. The Morgan fingerprint density at radius 1 is 1.15 bits per heavy atom. The van der Waals surface area contributed by atoms with E-state index >= 15 is 0 Å². The number of benzene rings is 2. The van der Waals surface area contributed by atoms with E-state index in [9.17, 15) is 19.5 Å². The number of amides is 2. The topological polar surface area (TPSA) is 125 Å². The van der Waals surface area contributed by atoms with Crippen molar-refractivity contribution >= 4 is 28.9 Å². The SMILES string of the molecule is COc1ccc(CC(Nc2nc3c(CN(C(=O)O)C(C)(C)C)ccc(C)c3c(=O)o2)C(=O)N2CCCC2)cc1. The molecule has 2 amide bonds. The van der Waals surface area contributed by atoms with E-state index in [1.54, 1.807) is 46.9 Å². The fourth-order valence-corrected chi connectivity index (χ4v) is 4.84. The number of carbonyl (C=O) groups excluding carboxylic acids is 1. The van der Waals surface area contributed by atoms with Crippen molar-refractivity contribution in [2.45, 2.75) is 65.1 Å². The van der Waals surface area contributed by atoms with Crippen molar-refractivity contribution < 1.29 is 23.8 Å². The Hall–Kier alpha value is -4.08. The van der Waals surface area contributed by atoms with Crippen LogP contribution in [-0.2, 0) is 17.8 Å². The largest absolute Gasteiger partial charge is 0.497 e. The maximum atomic E-state index is 13.5. The van der Waals surface area contributed by atoms with Gasteiger partial charge in [-0.25, -0.2) is 9.59 Å². The number of rotatable bonds is 8. The molecule has 1 aliphatic heterocycles. The second kappa shape index (κ2) is 11.3. The standard InChI is InChI=1S/C29H36N4O6/c1-18-8-11-20(17-33(28(36)37)29(2,3)4)24-23(18)26(35)39-27(31-24)30-22(25(34)32-14-6-7-15-32)16-19-9-12-21(38-5)13-10-19/h8-13,22H,6-7,14-17H2,1-5H3,(H,30,31)(H,36,37). The molecule has 0 radical (unpaired) electrons. The van der Waals surface area contributed by atoms with Gasteiger partial charge in [-0.3, -0.25) is 9.69 Å². The van der Waals surface area contributed by atoms with Gasteiger partial charge in [0.25, 0.3) is 6.01 Å². The van der Waals surface area contributed by atoms with Crippen LogP contribution < -0.4 is 15.7 Å². The van der Waals surface area contributed by atoms with Crippen LogP contribution >= 0.6 is 0 Å². The summed E-state index contributed by atoms with van der Waals surface area (Å²) < 4.78 is 10.8. The summed E-state index contributed by atoms with van der Waals surface area (Å²) in [6, 6.07) is 10.2. The van der Waals surface area contributed by atoms with E-state index in [4.69, 9.17) is 9.15 Å². The molecule has 1 aliphatic rings. The summed E-state index contributed by atoms with van der Waals surface area (Å²) in [6.45, 7) is 8.58. The number of hydrogen-bond donors (Lipinski definition) is 2. The number of ether oxygens (including phenoxy) is 1. The molecule has 10 heteroatoms. The molecule has 208 valence electrons. The van der Waals surface area contributed by atoms with Crippen molar-refractivity contribution in [3.8, 4) is 5.75 Å². The number of carbonyl (C=O) groups is 2. The first-order valence-electron chi connectivity index (χ1n) is 13.1. The van der Waals surface area contributed by atoms with E-state index in [0.717, 1.165) is 18.4 Å². The first-order chi connectivity index (χ1) is 18.5. The van der Waals surface area contributed by atoms with E-state index < -0.39 is 23.3 Å². The Kier molecular flexibility index (Phi) is 8.13. The summed E-state index contributed by atoms with van der Waals surface area (Å²) in [7, 11) is 1.59. The molecule has 1 fully saturated rings. The van der Waals surface area contributed by atoms with E-state index in [2.05, 4.69) is 10.3 Å². The number of hydrogen-bond acceptors (Lipinski definition) is 7. The molecule has 0 saturated carbocycles. The van der Waals surface area contributed by atoms with Gasteiger partial charge in [0.1, 0.15) is 11.8 Å². The molecule has 1 atom stereocenters. The average Bonchev–Trinajstić information content (AvgIpc) is 3.42. The third-order valence-electron chi connectivity index (χ3n) is 7.06. The predicted molar refractivity (Wildman–Crippen MR) is 148 cm³/mol. The van der Waals surface area contributed by atoms with Gasteiger partial charge >= 0.3 is 11.7 Å². The molecule has 4 rings (SSSR count). The molecule has 1 unspecified atom stereocenters. The summed E-state index contributed by atoms with van der Waals surface area (Å²) in [5.41, 5.74) is 1.22. The number of aromatic nitrogens is 1. The molecule has 2 aromatic carbocycles. The molecular weight excluding hydrogens is 500 g/mol. The number of nitrogens with zero attached hydrogens (tertiary/aromatic N) is 3. The van der Waals surface area contributed by atoms with Crippen LogP contribution in [0.3, 0.4) is 0 Å².